The predicted molar refractivity (Wildman–Crippen MR) is 72.1 cm³/mol. The van der Waals surface area contributed by atoms with Gasteiger partial charge in [-0.2, -0.15) is 5.26 Å². The number of nitriles is 1. The highest BCUT2D eigenvalue weighted by Gasteiger charge is 2.06. The summed E-state index contributed by atoms with van der Waals surface area (Å²) in [6.07, 6.45) is 1.16. The van der Waals surface area contributed by atoms with E-state index in [1.54, 1.807) is 30.5 Å². The molecule has 0 spiro atoms. The number of nitrogens with zero attached hydrogens (tertiary/aromatic N) is 2. The minimum atomic E-state index is -0.587. The molecule has 4 heteroatoms. The summed E-state index contributed by atoms with van der Waals surface area (Å²) in [7, 11) is 0. The number of nitrogens with one attached hydrogen (secondary N) is 1. The van der Waals surface area contributed by atoms with Crippen LogP contribution in [-0.2, 0) is 6.54 Å². The lowest BCUT2D eigenvalue weighted by Crippen LogP contribution is -2.21. The van der Waals surface area contributed by atoms with E-state index in [-0.39, 0.29) is 0 Å². The number of pyridine rings is 1. The molecule has 0 aliphatic rings. The van der Waals surface area contributed by atoms with Gasteiger partial charge < -0.3 is 10.4 Å². The molecule has 0 fully saturated rings. The van der Waals surface area contributed by atoms with Gasteiger partial charge >= 0.3 is 0 Å². The fourth-order valence-electron chi connectivity index (χ4n) is 1.74. The van der Waals surface area contributed by atoms with Crippen LogP contribution in [0.5, 0.6) is 0 Å². The smallest absolute Gasteiger partial charge is 0.0991 e. The topological polar surface area (TPSA) is 68.9 Å². The van der Waals surface area contributed by atoms with Gasteiger partial charge in [0.2, 0.25) is 0 Å². The molecule has 2 N–H and O–H groups in total. The Morgan fingerprint density at radius 2 is 2.00 bits per heavy atom. The van der Waals surface area contributed by atoms with Crippen molar-refractivity contribution in [2.45, 2.75) is 12.6 Å². The maximum atomic E-state index is 10.00. The van der Waals surface area contributed by atoms with E-state index in [9.17, 15) is 5.11 Å². The summed E-state index contributed by atoms with van der Waals surface area (Å²) in [6, 6.07) is 14.7. The maximum Gasteiger partial charge on any atom is 0.0991 e. The molecule has 19 heavy (non-hydrogen) atoms. The molecule has 2 rings (SSSR count). The highest BCUT2D eigenvalue weighted by molar-refractivity contribution is 5.32. The van der Waals surface area contributed by atoms with Gasteiger partial charge in [0.15, 0.2) is 0 Å². The van der Waals surface area contributed by atoms with E-state index < -0.39 is 6.10 Å². The maximum absolute atomic E-state index is 10.00. The minimum Gasteiger partial charge on any atom is -0.387 e. The molecule has 0 bridgehead atoms. The molecule has 4 nitrogen and oxygen atoms in total. The van der Waals surface area contributed by atoms with Gasteiger partial charge in [-0.25, -0.2) is 0 Å². The fraction of sp³-hybridized carbons (Fsp3) is 0.200. The largest absolute Gasteiger partial charge is 0.387 e. The number of aliphatic hydroxyl groups is 1. The molecule has 0 saturated carbocycles. The number of rotatable bonds is 5. The first kappa shape index (κ1) is 13.2. The second kappa shape index (κ2) is 6.64. The summed E-state index contributed by atoms with van der Waals surface area (Å²) in [6.45, 7) is 1.07. The number of benzene rings is 1. The van der Waals surface area contributed by atoms with Crippen molar-refractivity contribution in [1.29, 1.82) is 5.26 Å². The van der Waals surface area contributed by atoms with Crippen molar-refractivity contribution in [2.24, 2.45) is 0 Å². The fourth-order valence-corrected chi connectivity index (χ4v) is 1.74. The quantitative estimate of drug-likeness (QED) is 0.852. The second-order valence-corrected chi connectivity index (χ2v) is 4.20. The van der Waals surface area contributed by atoms with E-state index in [1.165, 1.54) is 0 Å². The lowest BCUT2D eigenvalue weighted by atomic mass is 10.1. The van der Waals surface area contributed by atoms with E-state index in [0.717, 1.165) is 11.3 Å². The van der Waals surface area contributed by atoms with Gasteiger partial charge in [-0.3, -0.25) is 4.98 Å². The van der Waals surface area contributed by atoms with Crippen molar-refractivity contribution >= 4 is 0 Å². The molecule has 1 atom stereocenters. The first-order chi connectivity index (χ1) is 9.29. The van der Waals surface area contributed by atoms with Crippen LogP contribution in [0.2, 0.25) is 0 Å². The summed E-state index contributed by atoms with van der Waals surface area (Å²) in [4.78, 5) is 4.19. The molecule has 96 valence electrons. The molecule has 1 heterocycles. The molecule has 0 radical (unpaired) electrons. The summed E-state index contributed by atoms with van der Waals surface area (Å²) >= 11 is 0. The van der Waals surface area contributed by atoms with Crippen LogP contribution in [0.25, 0.3) is 0 Å². The van der Waals surface area contributed by atoms with Crippen molar-refractivity contribution in [3.05, 3.63) is 65.5 Å². The molecular weight excluding hydrogens is 238 g/mol. The highest BCUT2D eigenvalue weighted by atomic mass is 16.3. The predicted octanol–water partition coefficient (Wildman–Crippen LogP) is 1.78. The summed E-state index contributed by atoms with van der Waals surface area (Å²) < 4.78 is 0. The molecule has 2 aromatic rings. The zero-order valence-electron chi connectivity index (χ0n) is 10.5. The second-order valence-electron chi connectivity index (χ2n) is 4.20. The molecule has 1 aromatic carbocycles. The van der Waals surface area contributed by atoms with E-state index in [1.807, 2.05) is 18.2 Å². The van der Waals surface area contributed by atoms with Crippen molar-refractivity contribution in [3.8, 4) is 6.07 Å². The Hall–Kier alpha value is -2.22. The third kappa shape index (κ3) is 3.88. The third-order valence-corrected chi connectivity index (χ3v) is 2.79. The summed E-state index contributed by atoms with van der Waals surface area (Å²) in [5, 5.41) is 21.9. The van der Waals surface area contributed by atoms with Crippen LogP contribution in [-0.4, -0.2) is 16.6 Å². The van der Waals surface area contributed by atoms with Crippen LogP contribution < -0.4 is 5.32 Å². The van der Waals surface area contributed by atoms with E-state index in [4.69, 9.17) is 5.26 Å². The van der Waals surface area contributed by atoms with Crippen LogP contribution in [0.15, 0.2) is 48.7 Å². The Morgan fingerprint density at radius 3 is 2.63 bits per heavy atom. The monoisotopic (exact) mass is 253 g/mol. The van der Waals surface area contributed by atoms with Crippen molar-refractivity contribution in [3.63, 3.8) is 0 Å². The number of hydrogen-bond acceptors (Lipinski definition) is 4. The molecule has 1 unspecified atom stereocenters. The number of hydrogen-bond donors (Lipinski definition) is 2. The van der Waals surface area contributed by atoms with Gasteiger partial charge in [0.1, 0.15) is 0 Å². The van der Waals surface area contributed by atoms with Gasteiger partial charge in [0, 0.05) is 19.3 Å². The number of aromatic nitrogens is 1. The van der Waals surface area contributed by atoms with Crippen molar-refractivity contribution in [1.82, 2.24) is 10.3 Å². The average molecular weight is 253 g/mol. The van der Waals surface area contributed by atoms with Gasteiger partial charge in [-0.15, -0.1) is 0 Å². The zero-order valence-corrected chi connectivity index (χ0v) is 10.5. The minimum absolute atomic E-state index is 0.447. The molecule has 0 aliphatic heterocycles. The van der Waals surface area contributed by atoms with Crippen LogP contribution in [0.3, 0.4) is 0 Å². The van der Waals surface area contributed by atoms with E-state index >= 15 is 0 Å². The van der Waals surface area contributed by atoms with Gasteiger partial charge in [0.25, 0.3) is 0 Å². The zero-order chi connectivity index (χ0) is 13.5. The standard InChI is InChI=1S/C15H15N3O/c16-9-12-4-6-13(7-5-12)15(19)11-17-10-14-3-1-2-8-18-14/h1-8,15,17,19H,10-11H2. The van der Waals surface area contributed by atoms with Gasteiger partial charge in [0.05, 0.1) is 23.4 Å². The lowest BCUT2D eigenvalue weighted by molar-refractivity contribution is 0.174. The Bertz CT molecular complexity index is 546. The Labute approximate surface area is 112 Å². The molecular formula is C15H15N3O. The first-order valence-electron chi connectivity index (χ1n) is 6.08. The SMILES string of the molecule is N#Cc1ccc(C(O)CNCc2ccccn2)cc1. The highest BCUT2D eigenvalue weighted by Crippen LogP contribution is 2.12. The van der Waals surface area contributed by atoms with Crippen LogP contribution in [0.1, 0.15) is 22.9 Å². The Balaban J connectivity index is 1.84. The normalized spacial score (nSPS) is 11.8. The number of aliphatic hydroxyl groups excluding tert-OH is 1. The van der Waals surface area contributed by atoms with Crippen LogP contribution in [0.4, 0.5) is 0 Å². The van der Waals surface area contributed by atoms with Crippen molar-refractivity contribution in [2.75, 3.05) is 6.54 Å². The van der Waals surface area contributed by atoms with E-state index in [2.05, 4.69) is 16.4 Å². The van der Waals surface area contributed by atoms with E-state index in [0.29, 0.717) is 18.7 Å². The van der Waals surface area contributed by atoms with Gasteiger partial charge in [-0.05, 0) is 29.8 Å². The third-order valence-electron chi connectivity index (χ3n) is 2.79. The average Bonchev–Trinajstić information content (AvgIpc) is 2.48. The summed E-state index contributed by atoms with van der Waals surface area (Å²) in [5.74, 6) is 0. The Morgan fingerprint density at radius 1 is 1.21 bits per heavy atom. The Kier molecular flexibility index (Phi) is 4.62. The van der Waals surface area contributed by atoms with Crippen molar-refractivity contribution < 1.29 is 5.11 Å². The molecule has 0 saturated heterocycles. The summed E-state index contributed by atoms with van der Waals surface area (Å²) in [5.41, 5.74) is 2.33. The molecule has 0 amide bonds. The van der Waals surface area contributed by atoms with Crippen LogP contribution >= 0.6 is 0 Å². The van der Waals surface area contributed by atoms with Crippen LogP contribution in [0, 0.1) is 11.3 Å². The molecule has 0 aliphatic carbocycles. The lowest BCUT2D eigenvalue weighted by Gasteiger charge is -2.12. The molecule has 1 aromatic heterocycles. The van der Waals surface area contributed by atoms with Gasteiger partial charge in [-0.1, -0.05) is 18.2 Å². The first-order valence-corrected chi connectivity index (χ1v) is 6.08.